The average Bonchev–Trinajstić information content (AvgIpc) is 3.29. The molecule has 0 aromatic heterocycles. The van der Waals surface area contributed by atoms with Crippen LogP contribution in [0.4, 0.5) is 0 Å². The molecule has 0 saturated heterocycles. The van der Waals surface area contributed by atoms with Crippen molar-refractivity contribution >= 4 is 14.5 Å². The molecule has 3 aromatic rings. The molecule has 0 N–H and O–H groups in total. The maximum absolute atomic E-state index is 6.54. The molecule has 3 heteroatoms. The maximum Gasteiger partial charge on any atom is 0.300 e. The van der Waals surface area contributed by atoms with Gasteiger partial charge in [0.1, 0.15) is 0 Å². The number of allylic oxidation sites excluding steroid dienone is 4. The SMILES string of the molecule is C1=CC(C=NO[Si](Cc2ccccc2)(Cc2ccccc2)Cc2ccccc2)C=C1. The van der Waals surface area contributed by atoms with Crippen molar-refractivity contribution in [1.82, 2.24) is 0 Å². The lowest BCUT2D eigenvalue weighted by molar-refractivity contribution is 0.317. The average molecular weight is 410 g/mol. The van der Waals surface area contributed by atoms with Gasteiger partial charge in [-0.05, 0) is 16.7 Å². The molecule has 1 aliphatic rings. The highest BCUT2D eigenvalue weighted by atomic mass is 28.4. The third-order valence-electron chi connectivity index (χ3n) is 5.36. The molecule has 0 aliphatic heterocycles. The van der Waals surface area contributed by atoms with E-state index >= 15 is 0 Å². The number of oxime groups is 1. The molecule has 4 rings (SSSR count). The summed E-state index contributed by atoms with van der Waals surface area (Å²) in [6.45, 7) is 0. The van der Waals surface area contributed by atoms with Gasteiger partial charge in [-0.1, -0.05) is 115 Å². The Morgan fingerprint density at radius 2 is 1.03 bits per heavy atom. The predicted octanol–water partition coefficient (Wildman–Crippen LogP) is 6.02. The normalized spacial score (nSPS) is 13.9. The minimum absolute atomic E-state index is 0.224. The van der Waals surface area contributed by atoms with Crippen molar-refractivity contribution in [2.75, 3.05) is 0 Å². The van der Waals surface area contributed by atoms with Gasteiger partial charge in [-0.15, -0.1) is 5.16 Å². The summed E-state index contributed by atoms with van der Waals surface area (Å²) in [5.41, 5.74) is 3.94. The monoisotopic (exact) mass is 409 g/mol. The van der Waals surface area contributed by atoms with Crippen molar-refractivity contribution in [2.24, 2.45) is 11.1 Å². The van der Waals surface area contributed by atoms with E-state index in [1.54, 1.807) is 0 Å². The number of hydrogen-bond donors (Lipinski definition) is 0. The smallest absolute Gasteiger partial charge is 0.300 e. The first-order valence-electron chi connectivity index (χ1n) is 10.5. The zero-order valence-electron chi connectivity index (χ0n) is 17.1. The molecule has 0 saturated carbocycles. The lowest BCUT2D eigenvalue weighted by Crippen LogP contribution is -2.46. The van der Waals surface area contributed by atoms with Crippen molar-refractivity contribution in [3.8, 4) is 0 Å². The van der Waals surface area contributed by atoms with Crippen molar-refractivity contribution in [1.29, 1.82) is 0 Å². The molecule has 0 spiro atoms. The molecule has 1 aliphatic carbocycles. The lowest BCUT2D eigenvalue weighted by Gasteiger charge is -2.29. The Morgan fingerprint density at radius 1 is 0.633 bits per heavy atom. The minimum Gasteiger partial charge on any atom is -0.454 e. The van der Waals surface area contributed by atoms with Crippen LogP contribution in [0.3, 0.4) is 0 Å². The fourth-order valence-electron chi connectivity index (χ4n) is 3.95. The molecule has 0 atom stereocenters. The summed E-state index contributed by atoms with van der Waals surface area (Å²) in [5.74, 6) is 0.224. The topological polar surface area (TPSA) is 21.6 Å². The fourth-order valence-corrected chi connectivity index (χ4v) is 7.74. The summed E-state index contributed by atoms with van der Waals surface area (Å²) in [6, 6.07) is 34.8. The van der Waals surface area contributed by atoms with Crippen LogP contribution in [0.2, 0.25) is 0 Å². The van der Waals surface area contributed by atoms with Crippen LogP contribution in [0.1, 0.15) is 16.7 Å². The summed E-state index contributed by atoms with van der Waals surface area (Å²) in [7, 11) is -2.34. The molecule has 3 aromatic carbocycles. The van der Waals surface area contributed by atoms with Gasteiger partial charge in [0.25, 0.3) is 8.32 Å². The van der Waals surface area contributed by atoms with E-state index in [9.17, 15) is 0 Å². The number of rotatable bonds is 9. The second-order valence-electron chi connectivity index (χ2n) is 7.86. The second kappa shape index (κ2) is 10.0. The first-order valence-corrected chi connectivity index (χ1v) is 13.0. The van der Waals surface area contributed by atoms with E-state index in [4.69, 9.17) is 4.53 Å². The van der Waals surface area contributed by atoms with E-state index in [0.29, 0.717) is 0 Å². The predicted molar refractivity (Wildman–Crippen MR) is 128 cm³/mol. The highest BCUT2D eigenvalue weighted by Crippen LogP contribution is 2.24. The fraction of sp³-hybridized carbons (Fsp3) is 0.148. The largest absolute Gasteiger partial charge is 0.454 e. The molecular formula is C27H27NOSi. The zero-order valence-corrected chi connectivity index (χ0v) is 18.1. The molecular weight excluding hydrogens is 382 g/mol. The zero-order chi connectivity index (χ0) is 20.5. The van der Waals surface area contributed by atoms with Gasteiger partial charge < -0.3 is 4.53 Å². The molecule has 0 heterocycles. The standard InChI is InChI=1S/C27H27NOSi/c1-4-14-25(15-5-1)21-30(22-26-16-6-2-7-17-26,23-27-18-8-3-9-19-27)29-28-20-24-12-10-11-13-24/h1-20,24H,21-23H2. The van der Waals surface area contributed by atoms with Gasteiger partial charge in [-0.3, -0.25) is 0 Å². The summed E-state index contributed by atoms with van der Waals surface area (Å²) in [5, 5.41) is 4.55. The molecule has 0 bridgehead atoms. The third-order valence-corrected chi connectivity index (χ3v) is 9.01. The summed E-state index contributed by atoms with van der Waals surface area (Å²) in [4.78, 5) is 0. The van der Waals surface area contributed by atoms with Crippen LogP contribution in [0.15, 0.2) is 120 Å². The van der Waals surface area contributed by atoms with Crippen LogP contribution < -0.4 is 0 Å². The first kappa shape index (κ1) is 20.1. The van der Waals surface area contributed by atoms with Gasteiger partial charge >= 0.3 is 0 Å². The maximum atomic E-state index is 6.54. The Hall–Kier alpha value is -3.17. The lowest BCUT2D eigenvalue weighted by atomic mass is 10.2. The molecule has 150 valence electrons. The van der Waals surface area contributed by atoms with Gasteiger partial charge in [0, 0.05) is 24.1 Å². The highest BCUT2D eigenvalue weighted by molar-refractivity contribution is 6.72. The quantitative estimate of drug-likeness (QED) is 0.240. The summed E-state index contributed by atoms with van der Waals surface area (Å²) >= 11 is 0. The number of hydrogen-bond acceptors (Lipinski definition) is 2. The van der Waals surface area contributed by atoms with Gasteiger partial charge in [0.05, 0.1) is 6.21 Å². The van der Waals surface area contributed by atoms with Gasteiger partial charge in [-0.25, -0.2) is 0 Å². The Balaban J connectivity index is 1.67. The van der Waals surface area contributed by atoms with Crippen molar-refractivity contribution in [3.63, 3.8) is 0 Å². The second-order valence-corrected chi connectivity index (χ2v) is 11.5. The van der Waals surface area contributed by atoms with E-state index in [2.05, 4.69) is 120 Å². The van der Waals surface area contributed by atoms with E-state index in [-0.39, 0.29) is 5.92 Å². The van der Waals surface area contributed by atoms with Crippen molar-refractivity contribution in [3.05, 3.63) is 132 Å². The summed E-state index contributed by atoms with van der Waals surface area (Å²) in [6.07, 6.45) is 10.3. The minimum atomic E-state index is -2.34. The van der Waals surface area contributed by atoms with Gasteiger partial charge in [-0.2, -0.15) is 0 Å². The van der Waals surface area contributed by atoms with Crippen LogP contribution >= 0.6 is 0 Å². The van der Waals surface area contributed by atoms with Crippen LogP contribution in [0, 0.1) is 5.92 Å². The Labute approximate surface area is 180 Å². The van der Waals surface area contributed by atoms with E-state index in [1.165, 1.54) is 16.7 Å². The van der Waals surface area contributed by atoms with Gasteiger partial charge in [0.15, 0.2) is 0 Å². The van der Waals surface area contributed by atoms with Crippen LogP contribution in [0.25, 0.3) is 0 Å². The van der Waals surface area contributed by atoms with Crippen molar-refractivity contribution < 1.29 is 4.53 Å². The van der Waals surface area contributed by atoms with Crippen LogP contribution in [0.5, 0.6) is 0 Å². The first-order chi connectivity index (χ1) is 14.8. The Kier molecular flexibility index (Phi) is 6.73. The molecule has 0 unspecified atom stereocenters. The Bertz CT molecular complexity index is 883. The summed E-state index contributed by atoms with van der Waals surface area (Å²) < 4.78 is 6.54. The van der Waals surface area contributed by atoms with E-state index < -0.39 is 8.32 Å². The highest BCUT2D eigenvalue weighted by Gasteiger charge is 2.39. The molecule has 2 nitrogen and oxygen atoms in total. The van der Waals surface area contributed by atoms with E-state index in [1.807, 2.05) is 6.21 Å². The van der Waals surface area contributed by atoms with Gasteiger partial charge in [0.2, 0.25) is 0 Å². The molecule has 30 heavy (non-hydrogen) atoms. The molecule has 0 amide bonds. The number of benzene rings is 3. The van der Waals surface area contributed by atoms with Crippen LogP contribution in [-0.2, 0) is 22.7 Å². The number of nitrogens with zero attached hydrogens (tertiary/aromatic N) is 1. The Morgan fingerprint density at radius 3 is 1.43 bits per heavy atom. The van der Waals surface area contributed by atoms with Crippen molar-refractivity contribution in [2.45, 2.75) is 18.1 Å². The third kappa shape index (κ3) is 5.68. The van der Waals surface area contributed by atoms with E-state index in [0.717, 1.165) is 18.1 Å². The molecule has 0 radical (unpaired) electrons. The molecule has 0 fully saturated rings. The van der Waals surface area contributed by atoms with Crippen LogP contribution in [-0.4, -0.2) is 14.5 Å².